The van der Waals surface area contributed by atoms with Gasteiger partial charge in [-0.05, 0) is 84.3 Å². The van der Waals surface area contributed by atoms with Crippen LogP contribution in [0.25, 0.3) is 16.7 Å². The van der Waals surface area contributed by atoms with Crippen LogP contribution in [0.15, 0.2) is 67.0 Å². The standard InChI is InChI=1S/C36H40Cl2F3N9O3/c1-47(34(51)28-20-27(8-10-33(28)52-2)50-23-42-45-46-50)21-25(24-7-9-29(37)30(38)19-24)11-14-48-15-12-26(13-16-48)43-35-44-31-5-3-4-6-32(31)49(35)17-18-53-22-36(39,40)41/h3-10,19-20,23,25-26H,11-18,21-22H2,1-2H3,(H,43,44). The average Bonchev–Trinajstić information content (AvgIpc) is 3.81. The van der Waals surface area contributed by atoms with E-state index in [1.54, 1.807) is 36.2 Å². The number of anilines is 1. The normalized spacial score (nSPS) is 14.8. The van der Waals surface area contributed by atoms with Crippen LogP contribution in [0.3, 0.4) is 0 Å². The maximum Gasteiger partial charge on any atom is 0.411 e. The number of aromatic nitrogens is 6. The van der Waals surface area contributed by atoms with Crippen LogP contribution >= 0.6 is 23.2 Å². The van der Waals surface area contributed by atoms with Gasteiger partial charge in [-0.2, -0.15) is 13.2 Å². The Kier molecular flexibility index (Phi) is 12.4. The van der Waals surface area contributed by atoms with Gasteiger partial charge in [0, 0.05) is 45.2 Å². The Morgan fingerprint density at radius 2 is 1.85 bits per heavy atom. The number of rotatable bonds is 15. The topological polar surface area (TPSA) is 115 Å². The highest BCUT2D eigenvalue weighted by molar-refractivity contribution is 6.42. The number of halogens is 5. The number of likely N-dealkylation sites (N-methyl/N-ethyl adjacent to an activating group) is 1. The first kappa shape index (κ1) is 38.3. The van der Waals surface area contributed by atoms with E-state index in [0.29, 0.717) is 39.5 Å². The summed E-state index contributed by atoms with van der Waals surface area (Å²) in [6, 6.07) is 18.5. The number of methoxy groups -OCH3 is 1. The highest BCUT2D eigenvalue weighted by atomic mass is 35.5. The second kappa shape index (κ2) is 17.1. The highest BCUT2D eigenvalue weighted by Crippen LogP contribution is 2.31. The van der Waals surface area contributed by atoms with Crippen molar-refractivity contribution in [3.8, 4) is 11.4 Å². The summed E-state index contributed by atoms with van der Waals surface area (Å²) in [6.45, 7) is 1.72. The molecule has 282 valence electrons. The lowest BCUT2D eigenvalue weighted by Crippen LogP contribution is -2.41. The number of amides is 1. The Morgan fingerprint density at radius 1 is 1.06 bits per heavy atom. The number of nitrogens with one attached hydrogen (secondary N) is 1. The summed E-state index contributed by atoms with van der Waals surface area (Å²) < 4.78 is 51.7. The van der Waals surface area contributed by atoms with E-state index >= 15 is 0 Å². The molecule has 53 heavy (non-hydrogen) atoms. The van der Waals surface area contributed by atoms with Gasteiger partial charge in [-0.15, -0.1) is 5.10 Å². The number of ether oxygens (including phenoxy) is 2. The largest absolute Gasteiger partial charge is 0.496 e. The Balaban J connectivity index is 1.09. The Morgan fingerprint density at radius 3 is 2.57 bits per heavy atom. The third-order valence-corrected chi connectivity index (χ3v) is 10.1. The van der Waals surface area contributed by atoms with E-state index < -0.39 is 12.8 Å². The molecule has 1 aliphatic rings. The van der Waals surface area contributed by atoms with Crippen LogP contribution in [0.5, 0.6) is 5.75 Å². The van der Waals surface area contributed by atoms with Gasteiger partial charge < -0.3 is 29.2 Å². The fourth-order valence-corrected chi connectivity index (χ4v) is 6.92. The van der Waals surface area contributed by atoms with Crippen molar-refractivity contribution in [2.75, 3.05) is 58.9 Å². The number of fused-ring (bicyclic) bond motifs is 1. The van der Waals surface area contributed by atoms with Gasteiger partial charge in [-0.25, -0.2) is 9.67 Å². The molecule has 1 unspecified atom stereocenters. The first-order valence-electron chi connectivity index (χ1n) is 17.2. The monoisotopic (exact) mass is 773 g/mol. The third-order valence-electron chi connectivity index (χ3n) is 9.38. The molecular weight excluding hydrogens is 734 g/mol. The second-order valence-corrected chi connectivity index (χ2v) is 13.8. The lowest BCUT2D eigenvalue weighted by molar-refractivity contribution is -0.174. The predicted molar refractivity (Wildman–Crippen MR) is 196 cm³/mol. The zero-order valence-corrected chi connectivity index (χ0v) is 30.8. The van der Waals surface area contributed by atoms with Crippen LogP contribution in [-0.2, 0) is 11.3 Å². The number of benzene rings is 3. The molecule has 6 rings (SSSR count). The van der Waals surface area contributed by atoms with Crippen molar-refractivity contribution < 1.29 is 27.4 Å². The predicted octanol–water partition coefficient (Wildman–Crippen LogP) is 6.73. The van der Waals surface area contributed by atoms with Crippen molar-refractivity contribution in [3.63, 3.8) is 0 Å². The van der Waals surface area contributed by atoms with Gasteiger partial charge >= 0.3 is 6.18 Å². The maximum atomic E-state index is 13.9. The summed E-state index contributed by atoms with van der Waals surface area (Å²) in [5.41, 5.74) is 3.58. The van der Waals surface area contributed by atoms with Gasteiger partial charge in [-0.1, -0.05) is 41.4 Å². The first-order valence-corrected chi connectivity index (χ1v) is 17.9. The van der Waals surface area contributed by atoms with Crippen LogP contribution in [0.1, 0.15) is 41.1 Å². The van der Waals surface area contributed by atoms with E-state index in [1.807, 2.05) is 41.0 Å². The molecule has 1 N–H and O–H groups in total. The molecule has 2 aromatic heterocycles. The first-order chi connectivity index (χ1) is 25.5. The van der Waals surface area contributed by atoms with Crippen LogP contribution in [-0.4, -0.2) is 111 Å². The molecule has 0 saturated carbocycles. The molecule has 1 atom stereocenters. The summed E-state index contributed by atoms with van der Waals surface area (Å²) in [6.07, 6.45) is -0.470. The zero-order valence-electron chi connectivity index (χ0n) is 29.3. The minimum Gasteiger partial charge on any atom is -0.496 e. The van der Waals surface area contributed by atoms with Crippen molar-refractivity contribution in [2.45, 2.75) is 43.9 Å². The molecule has 5 aromatic rings. The summed E-state index contributed by atoms with van der Waals surface area (Å²) in [5.74, 6) is 0.786. The smallest absolute Gasteiger partial charge is 0.411 e. The maximum absolute atomic E-state index is 13.9. The van der Waals surface area contributed by atoms with E-state index in [4.69, 9.17) is 37.7 Å². The van der Waals surface area contributed by atoms with Gasteiger partial charge in [0.15, 0.2) is 0 Å². The Labute approximate surface area is 314 Å². The number of hydrogen-bond donors (Lipinski definition) is 1. The van der Waals surface area contributed by atoms with E-state index in [2.05, 4.69) is 25.7 Å². The van der Waals surface area contributed by atoms with Crippen molar-refractivity contribution in [3.05, 3.63) is 88.2 Å². The van der Waals surface area contributed by atoms with Crippen molar-refractivity contribution >= 4 is 46.1 Å². The number of alkyl halides is 3. The zero-order chi connectivity index (χ0) is 37.5. The van der Waals surface area contributed by atoms with E-state index in [1.165, 1.54) is 18.1 Å². The molecule has 1 aliphatic heterocycles. The number of imidazole rings is 1. The molecule has 12 nitrogen and oxygen atoms in total. The number of hydrogen-bond acceptors (Lipinski definition) is 9. The molecule has 1 fully saturated rings. The number of piperidine rings is 1. The van der Waals surface area contributed by atoms with Gasteiger partial charge in [0.2, 0.25) is 5.95 Å². The number of tetrazole rings is 1. The molecule has 3 aromatic carbocycles. The Hall–Kier alpha value is -4.44. The summed E-state index contributed by atoms with van der Waals surface area (Å²) in [5, 5.41) is 15.8. The van der Waals surface area contributed by atoms with E-state index in [9.17, 15) is 18.0 Å². The molecule has 1 saturated heterocycles. The molecule has 0 radical (unpaired) electrons. The fraction of sp³-hybridized carbons (Fsp3) is 0.417. The number of nitrogens with zero attached hydrogens (tertiary/aromatic N) is 8. The number of para-hydroxylation sites is 2. The minimum atomic E-state index is -4.38. The van der Waals surface area contributed by atoms with Gasteiger partial charge in [0.25, 0.3) is 5.91 Å². The SMILES string of the molecule is COc1ccc(-n2cnnn2)cc1C(=O)N(C)CC(CCN1CCC(Nc2nc3ccccc3n2CCOCC(F)(F)F)CC1)c1ccc(Cl)c(Cl)c1. The fourth-order valence-electron chi connectivity index (χ4n) is 6.61. The van der Waals surface area contributed by atoms with E-state index in [-0.39, 0.29) is 31.0 Å². The number of likely N-dealkylation sites (tertiary alicyclic amines) is 1. The minimum absolute atomic E-state index is 0.0530. The average molecular weight is 775 g/mol. The lowest BCUT2D eigenvalue weighted by Gasteiger charge is -2.34. The molecular formula is C36H40Cl2F3N9O3. The molecule has 0 bridgehead atoms. The molecule has 0 spiro atoms. The lowest BCUT2D eigenvalue weighted by atomic mass is 9.94. The molecule has 1 amide bonds. The molecule has 0 aliphatic carbocycles. The van der Waals surface area contributed by atoms with Crippen LogP contribution < -0.4 is 10.1 Å². The number of carbonyl (C=O) groups excluding carboxylic acids is 1. The van der Waals surface area contributed by atoms with Crippen LogP contribution in [0.4, 0.5) is 19.1 Å². The van der Waals surface area contributed by atoms with Gasteiger partial charge in [0.1, 0.15) is 18.7 Å². The van der Waals surface area contributed by atoms with Crippen LogP contribution in [0, 0.1) is 0 Å². The molecule has 17 heteroatoms. The Bertz CT molecular complexity index is 1990. The number of carbonyl (C=O) groups is 1. The summed E-state index contributed by atoms with van der Waals surface area (Å²) in [4.78, 5) is 22.7. The van der Waals surface area contributed by atoms with E-state index in [0.717, 1.165) is 55.5 Å². The van der Waals surface area contributed by atoms with Crippen molar-refractivity contribution in [2.24, 2.45) is 0 Å². The van der Waals surface area contributed by atoms with Gasteiger partial charge in [-0.3, -0.25) is 4.79 Å². The quantitative estimate of drug-likeness (QED) is 0.116. The van der Waals surface area contributed by atoms with Crippen molar-refractivity contribution in [1.29, 1.82) is 0 Å². The molecule has 3 heterocycles. The third kappa shape index (κ3) is 9.76. The second-order valence-electron chi connectivity index (χ2n) is 13.0. The van der Waals surface area contributed by atoms with Gasteiger partial charge in [0.05, 0.1) is 46.0 Å². The highest BCUT2D eigenvalue weighted by Gasteiger charge is 2.28. The van der Waals surface area contributed by atoms with Crippen molar-refractivity contribution in [1.82, 2.24) is 39.6 Å². The summed E-state index contributed by atoms with van der Waals surface area (Å²) >= 11 is 12.7. The summed E-state index contributed by atoms with van der Waals surface area (Å²) in [7, 11) is 3.29. The van der Waals surface area contributed by atoms with Crippen LogP contribution in [0.2, 0.25) is 10.0 Å².